The van der Waals surface area contributed by atoms with Crippen LogP contribution >= 0.6 is 0 Å². The van der Waals surface area contributed by atoms with Gasteiger partial charge in [-0.1, -0.05) is 26.0 Å². The van der Waals surface area contributed by atoms with Gasteiger partial charge in [0.25, 0.3) is 0 Å². The number of hydrogen-bond acceptors (Lipinski definition) is 8. The first-order valence-electron chi connectivity index (χ1n) is 15.3. The normalized spacial score (nSPS) is 16.6. The predicted octanol–water partition coefficient (Wildman–Crippen LogP) is 5.91. The molecule has 1 aliphatic rings. The second-order valence-electron chi connectivity index (χ2n) is 12.2. The van der Waals surface area contributed by atoms with E-state index in [-0.39, 0.29) is 74.5 Å². The number of amides is 1. The van der Waals surface area contributed by atoms with E-state index in [1.54, 1.807) is 12.1 Å². The number of halogens is 4. The van der Waals surface area contributed by atoms with Crippen molar-refractivity contribution in [3.63, 3.8) is 0 Å². The number of pyridine rings is 2. The fraction of sp³-hybridized carbons (Fsp3) is 0.484. The van der Waals surface area contributed by atoms with Crippen molar-refractivity contribution in [3.05, 3.63) is 54.0 Å². The summed E-state index contributed by atoms with van der Waals surface area (Å²) in [6, 6.07) is 6.04. The number of nitrogens with zero attached hydrogens (tertiary/aromatic N) is 5. The lowest BCUT2D eigenvalue weighted by Gasteiger charge is -2.34. The molecular formula is C31H36F4N6O5Si2. The average Bonchev–Trinajstić information content (AvgIpc) is 3.64. The molecule has 1 fully saturated rings. The van der Waals surface area contributed by atoms with E-state index in [9.17, 15) is 22.4 Å². The van der Waals surface area contributed by atoms with Crippen molar-refractivity contribution in [3.8, 4) is 17.3 Å². The lowest BCUT2D eigenvalue weighted by molar-refractivity contribution is -0.184. The van der Waals surface area contributed by atoms with Crippen LogP contribution in [0.15, 0.2) is 42.6 Å². The first kappa shape index (κ1) is 35.7. The van der Waals surface area contributed by atoms with E-state index in [2.05, 4.69) is 29.4 Å². The summed E-state index contributed by atoms with van der Waals surface area (Å²) in [4.78, 5) is 17.0. The highest BCUT2D eigenvalue weighted by Gasteiger charge is 2.47. The molecule has 2 atom stereocenters. The Morgan fingerprint density at radius 2 is 1.88 bits per heavy atom. The minimum Gasteiger partial charge on any atom is -0.491 e. The van der Waals surface area contributed by atoms with Crippen LogP contribution in [0.2, 0.25) is 13.1 Å². The van der Waals surface area contributed by atoms with Crippen molar-refractivity contribution < 1.29 is 41.1 Å². The van der Waals surface area contributed by atoms with Crippen molar-refractivity contribution in [1.29, 1.82) is 0 Å². The Labute approximate surface area is 279 Å². The molecule has 1 amide bonds. The smallest absolute Gasteiger partial charge is 0.408 e. The number of alkyl halides is 3. The maximum Gasteiger partial charge on any atom is 0.408 e. The monoisotopic (exact) mass is 704 g/mol. The van der Waals surface area contributed by atoms with E-state index in [1.807, 2.05) is 13.1 Å². The van der Waals surface area contributed by atoms with Crippen LogP contribution in [-0.2, 0) is 8.85 Å². The first-order valence-corrected chi connectivity index (χ1v) is 18.2. The number of carboxylic acid groups (broad SMARTS) is 1. The third kappa shape index (κ3) is 8.14. The molecule has 0 unspecified atom stereocenters. The summed E-state index contributed by atoms with van der Waals surface area (Å²) < 4.78 is 77.1. The third-order valence-electron chi connectivity index (χ3n) is 8.23. The molecule has 0 saturated carbocycles. The van der Waals surface area contributed by atoms with Crippen molar-refractivity contribution in [2.75, 3.05) is 19.7 Å². The number of rotatable bonds is 14. The van der Waals surface area contributed by atoms with Gasteiger partial charge in [-0.05, 0) is 56.1 Å². The second kappa shape index (κ2) is 14.9. The number of likely N-dealkylation sites (tertiary alicyclic amines) is 1. The van der Waals surface area contributed by atoms with Crippen LogP contribution in [0.1, 0.15) is 44.7 Å². The Balaban J connectivity index is 1.40. The van der Waals surface area contributed by atoms with Gasteiger partial charge in [0.2, 0.25) is 19.5 Å². The van der Waals surface area contributed by atoms with Crippen LogP contribution in [0.5, 0.6) is 5.75 Å². The van der Waals surface area contributed by atoms with E-state index in [0.717, 1.165) is 6.42 Å². The van der Waals surface area contributed by atoms with E-state index >= 15 is 0 Å². The van der Waals surface area contributed by atoms with E-state index < -0.39 is 30.2 Å². The van der Waals surface area contributed by atoms with Gasteiger partial charge in [0, 0.05) is 42.2 Å². The molecule has 17 heteroatoms. The Morgan fingerprint density at radius 3 is 2.56 bits per heavy atom. The van der Waals surface area contributed by atoms with Crippen molar-refractivity contribution in [1.82, 2.24) is 29.8 Å². The van der Waals surface area contributed by atoms with E-state index in [4.69, 9.17) is 23.7 Å². The summed E-state index contributed by atoms with van der Waals surface area (Å²) in [6.07, 6.45) is -3.33. The molecule has 11 nitrogen and oxygen atoms in total. The zero-order valence-electron chi connectivity index (χ0n) is 26.8. The number of ether oxygens (including phenoxy) is 1. The molecule has 4 radical (unpaired) electrons. The molecule has 5 rings (SSSR count). The topological polar surface area (TPSA) is 123 Å². The predicted molar refractivity (Wildman–Crippen MR) is 171 cm³/mol. The molecule has 4 aromatic rings. The van der Waals surface area contributed by atoms with Crippen LogP contribution in [0, 0.1) is 11.2 Å². The van der Waals surface area contributed by atoms with Crippen LogP contribution in [0.4, 0.5) is 22.4 Å². The van der Waals surface area contributed by atoms with Crippen LogP contribution < -0.4 is 10.1 Å². The minimum absolute atomic E-state index is 0.0568. The van der Waals surface area contributed by atoms with Gasteiger partial charge in [-0.2, -0.15) is 13.2 Å². The molecule has 1 aromatic carbocycles. The van der Waals surface area contributed by atoms with Gasteiger partial charge in [-0.25, -0.2) is 14.2 Å². The molecule has 0 bridgehead atoms. The van der Waals surface area contributed by atoms with Crippen LogP contribution in [-0.4, -0.2) is 93.4 Å². The number of carbonyl (C=O) groups is 1. The van der Waals surface area contributed by atoms with Crippen molar-refractivity contribution in [2.24, 2.45) is 5.41 Å². The van der Waals surface area contributed by atoms with E-state index in [1.165, 1.54) is 39.8 Å². The van der Waals surface area contributed by atoms with Gasteiger partial charge in [0.1, 0.15) is 35.1 Å². The number of benzene rings is 1. The zero-order chi connectivity index (χ0) is 34.6. The number of aromatic nitrogens is 4. The largest absolute Gasteiger partial charge is 0.491 e. The molecule has 4 heterocycles. The zero-order valence-corrected chi connectivity index (χ0v) is 28.8. The first-order chi connectivity index (χ1) is 22.8. The van der Waals surface area contributed by atoms with Gasteiger partial charge in [0.05, 0.1) is 6.61 Å². The molecule has 0 spiro atoms. The third-order valence-corrected chi connectivity index (χ3v) is 9.13. The van der Waals surface area contributed by atoms with Crippen LogP contribution in [0.25, 0.3) is 28.1 Å². The highest BCUT2D eigenvalue weighted by Crippen LogP contribution is 2.40. The van der Waals surface area contributed by atoms with Gasteiger partial charge in [0.15, 0.2) is 11.5 Å². The second-order valence-corrected chi connectivity index (χ2v) is 13.5. The fourth-order valence-electron chi connectivity index (χ4n) is 5.95. The molecule has 48 heavy (non-hydrogen) atoms. The quantitative estimate of drug-likeness (QED) is 0.0714. The summed E-state index contributed by atoms with van der Waals surface area (Å²) in [7, 11) is 0.567. The highest BCUT2D eigenvalue weighted by molar-refractivity contribution is 6.26. The Hall–Kier alpha value is -3.65. The molecule has 3 aromatic heterocycles. The van der Waals surface area contributed by atoms with Crippen LogP contribution in [0.3, 0.4) is 0 Å². The molecule has 1 saturated heterocycles. The Bertz CT molecular complexity index is 1740. The maximum absolute atomic E-state index is 14.6. The number of fused-ring (bicyclic) bond motifs is 2. The maximum atomic E-state index is 14.6. The summed E-state index contributed by atoms with van der Waals surface area (Å²) in [5.41, 5.74) is 0.638. The van der Waals surface area contributed by atoms with Crippen molar-refractivity contribution >= 4 is 42.2 Å². The van der Waals surface area contributed by atoms with Gasteiger partial charge < -0.3 is 24.0 Å². The lowest BCUT2D eigenvalue weighted by Crippen LogP contribution is -2.40. The highest BCUT2D eigenvalue weighted by atomic mass is 28.2. The van der Waals surface area contributed by atoms with Gasteiger partial charge in [-0.15, -0.1) is 10.2 Å². The molecule has 0 aliphatic carbocycles. The fourth-order valence-corrected chi connectivity index (χ4v) is 7.21. The SMILES string of the molecule is C[Si]OC(O[Si]C)C(C)(C)CCCOc1cc(F)cc2ccc(-c3nnc4ccc([C@@H](N5CC[C@H](NC(=O)O)C5)C(F)(F)F)cn34)nc12. The number of nitrogens with one attached hydrogen (secondary N) is 1. The molecule has 2 N–H and O–H groups in total. The van der Waals surface area contributed by atoms with Gasteiger partial charge >= 0.3 is 12.3 Å². The van der Waals surface area contributed by atoms with Gasteiger partial charge in [-0.3, -0.25) is 9.30 Å². The molecular weight excluding hydrogens is 669 g/mol. The standard InChI is InChI=1S/C31H36F4N6O5Si2/c1-30(2,28(45-47-3)46-48-4)11-5-13-44-23-15-20(32)14-18-6-8-22(37-25(18)23)27-39-38-24-9-7-19(16-41(24)27)26(31(33,34)35)40-12-10-21(17-40)36-29(42)43/h6-9,14-16,21,26,28,36H,5,10-13,17H2,1-4H3,(H,42,43)/t21-,26+/m0/s1. The number of hydrogen-bond donors (Lipinski definition) is 2. The lowest BCUT2D eigenvalue weighted by atomic mass is 9.87. The molecule has 1 aliphatic heterocycles. The summed E-state index contributed by atoms with van der Waals surface area (Å²) >= 11 is 0. The summed E-state index contributed by atoms with van der Waals surface area (Å²) in [5.74, 6) is -0.0811. The minimum atomic E-state index is -4.64. The summed E-state index contributed by atoms with van der Waals surface area (Å²) in [6.45, 7) is 8.26. The van der Waals surface area contributed by atoms with E-state index in [0.29, 0.717) is 28.7 Å². The molecule has 256 valence electrons. The van der Waals surface area contributed by atoms with Crippen molar-refractivity contribution in [2.45, 2.75) is 70.8 Å². The average molecular weight is 705 g/mol. The Morgan fingerprint density at radius 1 is 1.12 bits per heavy atom. The Kier molecular flexibility index (Phi) is 11.0. The summed E-state index contributed by atoms with van der Waals surface area (Å²) in [5, 5.41) is 20.1.